The standard InChI is InChI=1S/C14H26Si2.2C5H5.Zr/c1-15(2,3)12-14(16(4,5)6)13-10-8-7-9-11-13;2*1-2-4-5-3-1;/h7-10H2,1-6H3;2*1-5H;/q-2;;;+2. The van der Waals surface area contributed by atoms with E-state index in [1.165, 1.54) is 24.8 Å². The average molecular weight is 472 g/mol. The van der Waals surface area contributed by atoms with Crippen LogP contribution in [0.2, 0.25) is 39.3 Å². The van der Waals surface area contributed by atoms with Gasteiger partial charge in [-0.3, -0.25) is 0 Å². The predicted octanol–water partition coefficient (Wildman–Crippen LogP) is 6.81. The summed E-state index contributed by atoms with van der Waals surface area (Å²) in [5.74, 6) is 0. The van der Waals surface area contributed by atoms with E-state index in [4.69, 9.17) is 0 Å². The summed E-state index contributed by atoms with van der Waals surface area (Å²) < 4.78 is 0. The van der Waals surface area contributed by atoms with E-state index >= 15 is 0 Å². The van der Waals surface area contributed by atoms with Crippen molar-refractivity contribution >= 4 is 16.1 Å². The predicted molar refractivity (Wildman–Crippen MR) is 122 cm³/mol. The molecule has 0 atom stereocenters. The fourth-order valence-electron chi connectivity index (χ4n) is 2.70. The Morgan fingerprint density at radius 2 is 1.15 bits per heavy atom. The van der Waals surface area contributed by atoms with E-state index in [9.17, 15) is 0 Å². The van der Waals surface area contributed by atoms with Crippen LogP contribution < -0.4 is 0 Å². The Kier molecular flexibility index (Phi) is 15.2. The molecule has 0 nitrogen and oxygen atoms in total. The van der Waals surface area contributed by atoms with Crippen LogP contribution in [-0.2, 0) is 26.2 Å². The summed E-state index contributed by atoms with van der Waals surface area (Å²) in [6, 6.07) is 0. The van der Waals surface area contributed by atoms with Gasteiger partial charge >= 0.3 is 26.2 Å². The van der Waals surface area contributed by atoms with E-state index in [0.29, 0.717) is 0 Å². The first-order valence-electron chi connectivity index (χ1n) is 9.79. The Hall–Kier alpha value is 0.797. The molecule has 0 heterocycles. The monoisotopic (exact) mass is 470 g/mol. The van der Waals surface area contributed by atoms with Crippen molar-refractivity contribution in [3.8, 4) is 0 Å². The van der Waals surface area contributed by atoms with Crippen molar-refractivity contribution < 1.29 is 26.2 Å². The minimum atomic E-state index is -1.24. The smallest absolute Gasteiger partial charge is 0.379 e. The summed E-state index contributed by atoms with van der Waals surface area (Å²) in [4.78, 5) is 0. The van der Waals surface area contributed by atoms with Crippen molar-refractivity contribution in [3.05, 3.63) is 86.8 Å². The molecule has 0 aromatic heterocycles. The molecule has 0 aliphatic heterocycles. The van der Waals surface area contributed by atoms with E-state index in [2.05, 4.69) is 51.1 Å². The van der Waals surface area contributed by atoms with Gasteiger partial charge in [-0.15, -0.1) is 12.8 Å². The van der Waals surface area contributed by atoms with Crippen LogP contribution in [0.15, 0.2) is 10.8 Å². The van der Waals surface area contributed by atoms with E-state index in [0.717, 1.165) is 6.42 Å². The maximum Gasteiger partial charge on any atom is 2.00 e. The van der Waals surface area contributed by atoms with Crippen LogP contribution in [0.3, 0.4) is 0 Å². The third-order valence-corrected chi connectivity index (χ3v) is 7.03. The Balaban J connectivity index is 0.000000496. The van der Waals surface area contributed by atoms with Crippen LogP contribution >= 0.6 is 0 Å². The SMILES string of the molecule is C[Si](C)(C)[C-]=C(C1=[C-]CCCC1)[Si](C)(C)C.[CH]1[CH][CH][CH][CH]1.[CH]1[CH][CH][CH][CH]1.[Zr+2]. The van der Waals surface area contributed by atoms with Gasteiger partial charge in [0.2, 0.25) is 0 Å². The van der Waals surface area contributed by atoms with Gasteiger partial charge < -0.3 is 22.5 Å². The summed E-state index contributed by atoms with van der Waals surface area (Å²) in [6.45, 7) is 14.5. The van der Waals surface area contributed by atoms with Crippen LogP contribution in [0.1, 0.15) is 25.7 Å². The first-order valence-corrected chi connectivity index (χ1v) is 16.8. The molecule has 3 heteroatoms. The zero-order chi connectivity index (χ0) is 19.5. The van der Waals surface area contributed by atoms with E-state index in [1.54, 1.807) is 5.20 Å². The van der Waals surface area contributed by atoms with Crippen molar-refractivity contribution in [2.45, 2.75) is 65.0 Å². The quantitative estimate of drug-likeness (QED) is 0.313. The molecule has 0 unspecified atom stereocenters. The second kappa shape index (κ2) is 14.7. The molecular formula is C24H36Si2Zr. The number of rotatable bonds is 3. The maximum absolute atomic E-state index is 3.88. The molecule has 0 bridgehead atoms. The van der Waals surface area contributed by atoms with Crippen molar-refractivity contribution in [1.82, 2.24) is 0 Å². The molecule has 3 aliphatic rings. The molecule has 2 saturated carbocycles. The topological polar surface area (TPSA) is 0 Å². The minimum absolute atomic E-state index is 0. The van der Waals surface area contributed by atoms with Crippen LogP contribution in [-0.4, -0.2) is 16.1 Å². The molecule has 0 aromatic rings. The van der Waals surface area contributed by atoms with Crippen molar-refractivity contribution in [1.29, 1.82) is 0 Å². The van der Waals surface area contributed by atoms with E-state index < -0.39 is 16.1 Å². The summed E-state index contributed by atoms with van der Waals surface area (Å²) in [5.41, 5.74) is 5.40. The fourth-order valence-corrected chi connectivity index (χ4v) is 7.34. The van der Waals surface area contributed by atoms with Crippen LogP contribution in [0.4, 0.5) is 0 Å². The molecule has 2 fully saturated rings. The molecule has 3 aliphatic carbocycles. The summed E-state index contributed by atoms with van der Waals surface area (Å²) in [7, 11) is -2.47. The molecule has 27 heavy (non-hydrogen) atoms. The minimum Gasteiger partial charge on any atom is -0.379 e. The van der Waals surface area contributed by atoms with Gasteiger partial charge in [-0.25, -0.2) is 0 Å². The first-order chi connectivity index (χ1) is 12.2. The molecule has 3 rings (SSSR count). The van der Waals surface area contributed by atoms with Gasteiger partial charge in [0, 0.05) is 0 Å². The van der Waals surface area contributed by atoms with E-state index in [1.807, 2.05) is 64.2 Å². The third kappa shape index (κ3) is 14.4. The van der Waals surface area contributed by atoms with Crippen LogP contribution in [0.25, 0.3) is 0 Å². The molecule has 0 spiro atoms. The molecule has 144 valence electrons. The molecule has 0 saturated heterocycles. The van der Waals surface area contributed by atoms with Gasteiger partial charge in [0.1, 0.15) is 0 Å². The van der Waals surface area contributed by atoms with Crippen molar-refractivity contribution in [3.63, 3.8) is 0 Å². The van der Waals surface area contributed by atoms with Gasteiger partial charge in [-0.2, -0.15) is 0 Å². The summed E-state index contributed by atoms with van der Waals surface area (Å²) in [5, 5.41) is 1.59. The second-order valence-corrected chi connectivity index (χ2v) is 18.5. The Labute approximate surface area is 193 Å². The molecule has 10 radical (unpaired) electrons. The van der Waals surface area contributed by atoms with Gasteiger partial charge in [0.05, 0.1) is 0 Å². The number of hydrogen-bond donors (Lipinski definition) is 0. The Morgan fingerprint density at radius 1 is 0.741 bits per heavy atom. The molecule has 0 amide bonds. The molecule has 0 aromatic carbocycles. The average Bonchev–Trinajstić information content (AvgIpc) is 3.29. The van der Waals surface area contributed by atoms with Crippen molar-refractivity contribution in [2.24, 2.45) is 0 Å². The largest absolute Gasteiger partial charge is 2.00 e. The van der Waals surface area contributed by atoms with Crippen LogP contribution in [0, 0.1) is 76.0 Å². The first kappa shape index (κ1) is 27.8. The third-order valence-electron chi connectivity index (χ3n) is 3.85. The Bertz CT molecular complexity index is 405. The zero-order valence-electron chi connectivity index (χ0n) is 18.1. The zero-order valence-corrected chi connectivity index (χ0v) is 22.6. The number of allylic oxidation sites excluding steroid dienone is 3. The van der Waals surface area contributed by atoms with Gasteiger partial charge in [0.25, 0.3) is 0 Å². The van der Waals surface area contributed by atoms with Crippen LogP contribution in [0.5, 0.6) is 0 Å². The normalized spacial score (nSPS) is 20.5. The van der Waals surface area contributed by atoms with Gasteiger partial charge in [0.15, 0.2) is 0 Å². The summed E-state index contributed by atoms with van der Waals surface area (Å²) >= 11 is 0. The number of hydrogen-bond acceptors (Lipinski definition) is 0. The Morgan fingerprint density at radius 3 is 1.41 bits per heavy atom. The molecular weight excluding hydrogens is 436 g/mol. The molecule has 0 N–H and O–H groups in total. The van der Waals surface area contributed by atoms with Gasteiger partial charge in [-0.1, -0.05) is 52.1 Å². The fraction of sp³-hybridized carbons (Fsp3) is 0.417. The second-order valence-electron chi connectivity index (χ2n) is 8.79. The van der Waals surface area contributed by atoms with Gasteiger partial charge in [-0.05, 0) is 80.4 Å². The maximum atomic E-state index is 3.88. The summed E-state index contributed by atoms with van der Waals surface area (Å²) in [6.07, 6.45) is 28.7. The van der Waals surface area contributed by atoms with E-state index in [-0.39, 0.29) is 26.2 Å². The van der Waals surface area contributed by atoms with Crippen molar-refractivity contribution in [2.75, 3.05) is 0 Å².